The molecule has 2 amide bonds. The van der Waals surface area contributed by atoms with Gasteiger partial charge in [0.1, 0.15) is 11.9 Å². The summed E-state index contributed by atoms with van der Waals surface area (Å²) in [6.45, 7) is 2.28. The summed E-state index contributed by atoms with van der Waals surface area (Å²) in [5.41, 5.74) is 0. The summed E-state index contributed by atoms with van der Waals surface area (Å²) in [5, 5.41) is 11.9. The highest BCUT2D eigenvalue weighted by atomic mass is 16.4. The van der Waals surface area contributed by atoms with Gasteiger partial charge >= 0.3 is 12.0 Å². The van der Waals surface area contributed by atoms with E-state index in [9.17, 15) is 9.59 Å². The van der Waals surface area contributed by atoms with Crippen molar-refractivity contribution >= 4 is 12.0 Å². The Bertz CT molecular complexity index is 446. The van der Waals surface area contributed by atoms with E-state index in [4.69, 9.17) is 5.11 Å². The maximum Gasteiger partial charge on any atom is 0.326 e. The van der Waals surface area contributed by atoms with Crippen molar-refractivity contribution in [1.82, 2.24) is 20.2 Å². The number of H-pyrrole nitrogens is 1. The highest BCUT2D eigenvalue weighted by Crippen LogP contribution is 2.18. The van der Waals surface area contributed by atoms with Crippen LogP contribution in [0, 0.1) is 0 Å². The zero-order valence-corrected chi connectivity index (χ0v) is 10.8. The fraction of sp³-hybridized carbons (Fsp3) is 0.583. The van der Waals surface area contributed by atoms with Crippen LogP contribution in [0.3, 0.4) is 0 Å². The molecule has 0 aliphatic carbocycles. The Morgan fingerprint density at radius 3 is 3.00 bits per heavy atom. The number of carboxylic acid groups (broad SMARTS) is 1. The topological polar surface area (TPSA) is 98.3 Å². The first-order valence-electron chi connectivity index (χ1n) is 6.39. The summed E-state index contributed by atoms with van der Waals surface area (Å²) in [6.07, 6.45) is 5.48. The normalized spacial score (nSPS) is 20.9. The number of nitrogens with one attached hydrogen (secondary N) is 2. The first-order chi connectivity index (χ1) is 9.09. The van der Waals surface area contributed by atoms with Gasteiger partial charge < -0.3 is 20.3 Å². The molecule has 1 aliphatic rings. The van der Waals surface area contributed by atoms with E-state index in [-0.39, 0.29) is 12.1 Å². The number of imidazole rings is 1. The first kappa shape index (κ1) is 13.4. The van der Waals surface area contributed by atoms with Crippen molar-refractivity contribution in [2.45, 2.75) is 38.3 Å². The second-order valence-electron chi connectivity index (χ2n) is 4.69. The molecule has 3 N–H and O–H groups in total. The molecule has 104 valence electrons. The van der Waals surface area contributed by atoms with Crippen LogP contribution in [0.1, 0.15) is 38.1 Å². The number of urea groups is 1. The summed E-state index contributed by atoms with van der Waals surface area (Å²) in [4.78, 5) is 31.6. The van der Waals surface area contributed by atoms with E-state index in [0.29, 0.717) is 18.8 Å². The summed E-state index contributed by atoms with van der Waals surface area (Å²) in [6, 6.07) is -1.35. The van der Waals surface area contributed by atoms with Crippen molar-refractivity contribution < 1.29 is 14.7 Å². The molecule has 1 aliphatic heterocycles. The van der Waals surface area contributed by atoms with Gasteiger partial charge in [-0.1, -0.05) is 0 Å². The van der Waals surface area contributed by atoms with Gasteiger partial charge in [0.05, 0.1) is 6.04 Å². The van der Waals surface area contributed by atoms with Gasteiger partial charge in [-0.2, -0.15) is 0 Å². The monoisotopic (exact) mass is 266 g/mol. The van der Waals surface area contributed by atoms with E-state index in [0.717, 1.165) is 12.8 Å². The largest absolute Gasteiger partial charge is 0.480 e. The maximum absolute atomic E-state index is 12.1. The molecule has 1 saturated heterocycles. The molecule has 1 fully saturated rings. The number of carbonyl (C=O) groups excluding carboxylic acids is 1. The van der Waals surface area contributed by atoms with Crippen molar-refractivity contribution in [3.8, 4) is 0 Å². The van der Waals surface area contributed by atoms with Crippen molar-refractivity contribution in [2.24, 2.45) is 0 Å². The lowest BCUT2D eigenvalue weighted by atomic mass is 10.0. The first-order valence-corrected chi connectivity index (χ1v) is 6.39. The van der Waals surface area contributed by atoms with Crippen molar-refractivity contribution in [3.05, 3.63) is 18.2 Å². The van der Waals surface area contributed by atoms with Crippen LogP contribution in [0.15, 0.2) is 12.4 Å². The minimum Gasteiger partial charge on any atom is -0.480 e. The SMILES string of the molecule is CC(NC(=O)N1CCCCC1C(=O)O)c1ncc[nH]1. The Kier molecular flexibility index (Phi) is 4.03. The predicted molar refractivity (Wildman–Crippen MR) is 67.5 cm³/mol. The smallest absolute Gasteiger partial charge is 0.326 e. The van der Waals surface area contributed by atoms with Crippen LogP contribution >= 0.6 is 0 Å². The lowest BCUT2D eigenvalue weighted by Gasteiger charge is -2.33. The number of piperidine rings is 1. The molecule has 0 radical (unpaired) electrons. The second-order valence-corrected chi connectivity index (χ2v) is 4.69. The zero-order valence-electron chi connectivity index (χ0n) is 10.8. The Morgan fingerprint density at radius 1 is 1.58 bits per heavy atom. The van der Waals surface area contributed by atoms with Gasteiger partial charge in [-0.15, -0.1) is 0 Å². The number of aromatic nitrogens is 2. The van der Waals surface area contributed by atoms with E-state index in [1.165, 1.54) is 4.90 Å². The van der Waals surface area contributed by atoms with E-state index in [1.54, 1.807) is 19.3 Å². The molecule has 19 heavy (non-hydrogen) atoms. The van der Waals surface area contributed by atoms with Gasteiger partial charge in [0.15, 0.2) is 0 Å². The van der Waals surface area contributed by atoms with Crippen molar-refractivity contribution in [1.29, 1.82) is 0 Å². The molecule has 1 aromatic heterocycles. The standard InChI is InChI=1S/C12H18N4O3/c1-8(10-13-5-6-14-10)15-12(19)16-7-3-2-4-9(16)11(17)18/h5-6,8-9H,2-4,7H2,1H3,(H,13,14)(H,15,19)(H,17,18). The third-order valence-electron chi connectivity index (χ3n) is 3.32. The molecule has 7 nitrogen and oxygen atoms in total. The minimum atomic E-state index is -0.944. The highest BCUT2D eigenvalue weighted by molar-refractivity contribution is 5.83. The number of aliphatic carboxylic acids is 1. The number of amides is 2. The number of hydrogen-bond donors (Lipinski definition) is 3. The second kappa shape index (κ2) is 5.73. The van der Waals surface area contributed by atoms with Crippen molar-refractivity contribution in [2.75, 3.05) is 6.54 Å². The Balaban J connectivity index is 2.00. The van der Waals surface area contributed by atoms with Gasteiger partial charge in [0, 0.05) is 18.9 Å². The van der Waals surface area contributed by atoms with Crippen LogP contribution in [0.5, 0.6) is 0 Å². The fourth-order valence-electron chi connectivity index (χ4n) is 2.28. The third-order valence-corrected chi connectivity index (χ3v) is 3.32. The molecule has 0 saturated carbocycles. The quantitative estimate of drug-likeness (QED) is 0.763. The molecule has 0 spiro atoms. The van der Waals surface area contributed by atoms with E-state index >= 15 is 0 Å². The average Bonchev–Trinajstić information content (AvgIpc) is 2.92. The summed E-state index contributed by atoms with van der Waals surface area (Å²) >= 11 is 0. The van der Waals surface area contributed by atoms with Crippen LogP contribution < -0.4 is 5.32 Å². The number of hydrogen-bond acceptors (Lipinski definition) is 3. The minimum absolute atomic E-state index is 0.279. The molecular formula is C12H18N4O3. The van der Waals surface area contributed by atoms with Crippen LogP contribution in [0.25, 0.3) is 0 Å². The molecule has 2 rings (SSSR count). The highest BCUT2D eigenvalue weighted by Gasteiger charge is 2.32. The van der Waals surface area contributed by atoms with Crippen LogP contribution in [-0.2, 0) is 4.79 Å². The molecule has 2 heterocycles. The molecule has 1 aromatic rings. The maximum atomic E-state index is 12.1. The van der Waals surface area contributed by atoms with E-state index < -0.39 is 12.0 Å². The number of nitrogens with zero attached hydrogens (tertiary/aromatic N) is 2. The lowest BCUT2D eigenvalue weighted by Crippen LogP contribution is -2.52. The Morgan fingerprint density at radius 2 is 2.37 bits per heavy atom. The summed E-state index contributed by atoms with van der Waals surface area (Å²) < 4.78 is 0. The summed E-state index contributed by atoms with van der Waals surface area (Å²) in [5.74, 6) is -0.294. The van der Waals surface area contributed by atoms with Gasteiger partial charge in [-0.3, -0.25) is 0 Å². The van der Waals surface area contributed by atoms with E-state index in [1.807, 2.05) is 0 Å². The molecular weight excluding hydrogens is 248 g/mol. The third kappa shape index (κ3) is 3.04. The molecule has 2 unspecified atom stereocenters. The van der Waals surface area contributed by atoms with Crippen molar-refractivity contribution in [3.63, 3.8) is 0 Å². The molecule has 7 heteroatoms. The summed E-state index contributed by atoms with van der Waals surface area (Å²) in [7, 11) is 0. The molecule has 0 bridgehead atoms. The molecule has 0 aromatic carbocycles. The van der Waals surface area contributed by atoms with Crippen LogP contribution in [0.4, 0.5) is 4.79 Å². The number of likely N-dealkylation sites (tertiary alicyclic amines) is 1. The predicted octanol–water partition coefficient (Wildman–Crippen LogP) is 1.12. The fourth-order valence-corrected chi connectivity index (χ4v) is 2.28. The Labute approximate surface area is 111 Å². The lowest BCUT2D eigenvalue weighted by molar-refractivity contribution is -0.143. The van der Waals surface area contributed by atoms with Crippen LogP contribution in [-0.4, -0.2) is 44.6 Å². The van der Waals surface area contributed by atoms with Gasteiger partial charge in [0.2, 0.25) is 0 Å². The zero-order chi connectivity index (χ0) is 13.8. The number of carboxylic acids is 1. The van der Waals surface area contributed by atoms with Gasteiger partial charge in [-0.05, 0) is 26.2 Å². The average molecular weight is 266 g/mol. The number of carbonyl (C=O) groups is 2. The van der Waals surface area contributed by atoms with Gasteiger partial charge in [0.25, 0.3) is 0 Å². The van der Waals surface area contributed by atoms with Crippen LogP contribution in [0.2, 0.25) is 0 Å². The Hall–Kier alpha value is -2.05. The molecule has 2 atom stereocenters. The van der Waals surface area contributed by atoms with Gasteiger partial charge in [-0.25, -0.2) is 14.6 Å². The number of aromatic amines is 1. The van der Waals surface area contributed by atoms with E-state index in [2.05, 4.69) is 15.3 Å². The number of rotatable bonds is 3.